The van der Waals surface area contributed by atoms with Gasteiger partial charge in [0.25, 0.3) is 0 Å². The van der Waals surface area contributed by atoms with Crippen LogP contribution >= 0.6 is 0 Å². The molecule has 12 aromatic rings. The second-order valence-corrected chi connectivity index (χ2v) is 16.3. The minimum Gasteiger partial charge on any atom is -0.265 e. The van der Waals surface area contributed by atoms with Crippen LogP contribution in [0.3, 0.4) is 0 Å². The zero-order chi connectivity index (χ0) is 42.4. The Kier molecular flexibility index (Phi) is 9.16. The van der Waals surface area contributed by atoms with E-state index in [-0.39, 0.29) is 0 Å². The van der Waals surface area contributed by atoms with Gasteiger partial charge in [-0.25, -0.2) is 9.97 Å². The molecule has 0 spiro atoms. The monoisotopic (exact) mass is 813 g/mol. The molecule has 0 saturated carbocycles. The summed E-state index contributed by atoms with van der Waals surface area (Å²) in [6.07, 6.45) is 3.66. The molecule has 2 aromatic heterocycles. The first-order valence-electron chi connectivity index (χ1n) is 21.7. The second kappa shape index (κ2) is 15.7. The molecule has 0 aliphatic carbocycles. The van der Waals surface area contributed by atoms with Crippen molar-refractivity contribution in [1.29, 1.82) is 0 Å². The molecule has 0 aliphatic heterocycles. The zero-order valence-electron chi connectivity index (χ0n) is 34.9. The SMILES string of the molecule is c1ccc2c(-c3ccc(-c4cc(-c5ccc(-c6ccncc6)cc5)nc(-c5ccc6c7ccccc7c7ccccc7c7ccccc7c7ccccc7c6c5)n4)cc3)cccc2c1. The smallest absolute Gasteiger partial charge is 0.160 e. The fraction of sp³-hybridized carbons (Fsp3) is 0. The summed E-state index contributed by atoms with van der Waals surface area (Å²) in [4.78, 5) is 15.0. The summed E-state index contributed by atoms with van der Waals surface area (Å²) in [5, 5.41) is 14.3. The van der Waals surface area contributed by atoms with Crippen molar-refractivity contribution in [2.75, 3.05) is 0 Å². The van der Waals surface area contributed by atoms with Crippen molar-refractivity contribution in [1.82, 2.24) is 15.0 Å². The highest BCUT2D eigenvalue weighted by molar-refractivity contribution is 6.26. The van der Waals surface area contributed by atoms with Crippen LogP contribution in [0, 0.1) is 0 Å². The molecular weight excluding hydrogens is 775 g/mol. The topological polar surface area (TPSA) is 38.7 Å². The molecule has 0 unspecified atom stereocenters. The first-order valence-corrected chi connectivity index (χ1v) is 21.7. The third-order valence-corrected chi connectivity index (χ3v) is 12.6. The minimum atomic E-state index is 0.667. The summed E-state index contributed by atoms with van der Waals surface area (Å²) in [6.45, 7) is 0. The van der Waals surface area contributed by atoms with Gasteiger partial charge in [0.05, 0.1) is 11.4 Å². The third kappa shape index (κ3) is 6.59. The summed E-state index contributed by atoms with van der Waals surface area (Å²) < 4.78 is 0. The Morgan fingerprint density at radius 3 is 1.12 bits per heavy atom. The lowest BCUT2D eigenvalue weighted by atomic mass is 9.93. The van der Waals surface area contributed by atoms with Crippen molar-refractivity contribution in [3.05, 3.63) is 237 Å². The van der Waals surface area contributed by atoms with Crippen LogP contribution in [-0.2, 0) is 0 Å². The predicted octanol–water partition coefficient (Wildman–Crippen LogP) is 16.3. The zero-order valence-corrected chi connectivity index (χ0v) is 34.9. The van der Waals surface area contributed by atoms with Crippen LogP contribution in [-0.4, -0.2) is 15.0 Å². The maximum Gasteiger partial charge on any atom is 0.160 e. The molecule has 298 valence electrons. The maximum atomic E-state index is 5.39. The number of pyridine rings is 1. The van der Waals surface area contributed by atoms with E-state index in [9.17, 15) is 0 Å². The Balaban J connectivity index is 1.10. The first kappa shape index (κ1) is 37.2. The van der Waals surface area contributed by atoms with Gasteiger partial charge in [-0.2, -0.15) is 0 Å². The molecule has 3 nitrogen and oxygen atoms in total. The number of aromatic nitrogens is 3. The summed E-state index contributed by atoms with van der Waals surface area (Å²) in [5.74, 6) is 0.667. The molecule has 0 amide bonds. The van der Waals surface area contributed by atoms with Gasteiger partial charge in [0, 0.05) is 29.1 Å². The number of rotatable bonds is 5. The Bertz CT molecular complexity index is 3740. The molecular formula is C61H39N3. The predicted molar refractivity (Wildman–Crippen MR) is 270 cm³/mol. The number of hydrogen-bond donors (Lipinski definition) is 0. The van der Waals surface area contributed by atoms with Gasteiger partial charge in [0.2, 0.25) is 0 Å². The van der Waals surface area contributed by atoms with Gasteiger partial charge in [-0.3, -0.25) is 4.98 Å². The van der Waals surface area contributed by atoms with E-state index in [1.165, 1.54) is 59.6 Å². The van der Waals surface area contributed by atoms with Crippen molar-refractivity contribution < 1.29 is 0 Å². The first-order chi connectivity index (χ1) is 31.7. The normalized spacial score (nSPS) is 11.4. The molecule has 0 radical (unpaired) electrons. The van der Waals surface area contributed by atoms with Crippen LogP contribution in [0.1, 0.15) is 0 Å². The van der Waals surface area contributed by atoms with Gasteiger partial charge >= 0.3 is 0 Å². The Morgan fingerprint density at radius 1 is 0.234 bits per heavy atom. The van der Waals surface area contributed by atoms with Gasteiger partial charge in [-0.05, 0) is 111 Å². The number of fused-ring (bicyclic) bond motifs is 11. The van der Waals surface area contributed by atoms with Crippen LogP contribution in [0.2, 0.25) is 0 Å². The van der Waals surface area contributed by atoms with Crippen LogP contribution in [0.4, 0.5) is 0 Å². The van der Waals surface area contributed by atoms with Crippen molar-refractivity contribution in [2.24, 2.45) is 0 Å². The van der Waals surface area contributed by atoms with E-state index in [0.717, 1.165) is 55.4 Å². The molecule has 0 bridgehead atoms. The standard InChI is InChI=1S/C61H39N3/c1-2-14-47-42(12-1)13-11-23-48(47)43-26-30-45(31-27-43)60-39-59(44-28-24-40(25-29-44)41-34-36-62-37-35-41)63-61(64-60)46-32-33-57-55-21-8-7-19-53(55)51-17-4-3-15-49(51)50-16-5-6-18-52(50)54-20-9-10-22-56(54)58(57)38-46/h1-39H. The highest BCUT2D eigenvalue weighted by Crippen LogP contribution is 2.38. The van der Waals surface area contributed by atoms with Gasteiger partial charge in [-0.15, -0.1) is 0 Å². The van der Waals surface area contributed by atoms with Crippen LogP contribution in [0.5, 0.6) is 0 Å². The van der Waals surface area contributed by atoms with E-state index >= 15 is 0 Å². The van der Waals surface area contributed by atoms with E-state index < -0.39 is 0 Å². The summed E-state index contributed by atoms with van der Waals surface area (Å²) in [7, 11) is 0. The summed E-state index contributed by atoms with van der Waals surface area (Å²) in [6, 6.07) is 80.7. The van der Waals surface area contributed by atoms with Crippen molar-refractivity contribution in [2.45, 2.75) is 0 Å². The molecule has 10 aromatic carbocycles. The maximum absolute atomic E-state index is 5.39. The lowest BCUT2D eigenvalue weighted by Gasteiger charge is -2.13. The molecule has 64 heavy (non-hydrogen) atoms. The second-order valence-electron chi connectivity index (χ2n) is 16.3. The number of benzene rings is 9. The quantitative estimate of drug-likeness (QED) is 0.174. The molecule has 0 saturated heterocycles. The van der Waals surface area contributed by atoms with Crippen LogP contribution in [0.15, 0.2) is 237 Å². The fourth-order valence-electron chi connectivity index (χ4n) is 9.50. The van der Waals surface area contributed by atoms with Crippen LogP contribution < -0.4 is 0 Å². The fourth-order valence-corrected chi connectivity index (χ4v) is 9.50. The van der Waals surface area contributed by atoms with Gasteiger partial charge in [0.1, 0.15) is 0 Å². The molecule has 0 atom stereocenters. The molecule has 0 aliphatic rings. The Hall–Kier alpha value is -8.53. The highest BCUT2D eigenvalue weighted by atomic mass is 14.9. The number of hydrogen-bond acceptors (Lipinski definition) is 3. The van der Waals surface area contributed by atoms with Gasteiger partial charge < -0.3 is 0 Å². The number of nitrogens with zero attached hydrogens (tertiary/aromatic N) is 3. The van der Waals surface area contributed by atoms with Gasteiger partial charge in [0.15, 0.2) is 5.82 Å². The molecule has 0 fully saturated rings. The average molecular weight is 814 g/mol. The van der Waals surface area contributed by atoms with Crippen molar-refractivity contribution in [3.8, 4) is 56.2 Å². The van der Waals surface area contributed by atoms with E-state index in [4.69, 9.17) is 9.97 Å². The summed E-state index contributed by atoms with van der Waals surface area (Å²) in [5.41, 5.74) is 9.33. The lowest BCUT2D eigenvalue weighted by Crippen LogP contribution is -1.96. The van der Waals surface area contributed by atoms with E-state index in [2.05, 4.69) is 217 Å². The summed E-state index contributed by atoms with van der Waals surface area (Å²) >= 11 is 0. The minimum absolute atomic E-state index is 0.667. The molecule has 12 rings (SSSR count). The van der Waals surface area contributed by atoms with E-state index in [1.807, 2.05) is 24.5 Å². The Labute approximate surface area is 371 Å². The lowest BCUT2D eigenvalue weighted by molar-refractivity contribution is 1.18. The van der Waals surface area contributed by atoms with Crippen LogP contribution in [0.25, 0.3) is 121 Å². The van der Waals surface area contributed by atoms with E-state index in [1.54, 1.807) is 0 Å². The molecule has 3 heteroatoms. The highest BCUT2D eigenvalue weighted by Gasteiger charge is 2.15. The largest absolute Gasteiger partial charge is 0.265 e. The Morgan fingerprint density at radius 2 is 0.609 bits per heavy atom. The molecule has 2 heterocycles. The van der Waals surface area contributed by atoms with Crippen molar-refractivity contribution in [3.63, 3.8) is 0 Å². The third-order valence-electron chi connectivity index (χ3n) is 12.6. The van der Waals surface area contributed by atoms with E-state index in [0.29, 0.717) is 5.82 Å². The molecule has 0 N–H and O–H groups in total. The average Bonchev–Trinajstić information content (AvgIpc) is 3.38. The van der Waals surface area contributed by atoms with Gasteiger partial charge in [-0.1, -0.05) is 200 Å². The van der Waals surface area contributed by atoms with Crippen molar-refractivity contribution >= 4 is 64.6 Å².